The van der Waals surface area contributed by atoms with Gasteiger partial charge in [-0.3, -0.25) is 4.79 Å². The maximum absolute atomic E-state index is 13.7. The largest absolute Gasteiger partial charge is 0.495 e. The van der Waals surface area contributed by atoms with Crippen LogP contribution in [0.1, 0.15) is 33.3 Å². The fourth-order valence-corrected chi connectivity index (χ4v) is 2.06. The molecule has 0 unspecified atom stereocenters. The molecule has 0 spiro atoms. The highest BCUT2D eigenvalue weighted by atomic mass is 19.3. The molecule has 1 fully saturated rings. The van der Waals surface area contributed by atoms with Gasteiger partial charge in [-0.15, -0.1) is 0 Å². The molecule has 1 aliphatic rings. The van der Waals surface area contributed by atoms with Gasteiger partial charge < -0.3 is 9.31 Å². The zero-order valence-corrected chi connectivity index (χ0v) is 12.2. The van der Waals surface area contributed by atoms with E-state index in [-0.39, 0.29) is 5.46 Å². The first kappa shape index (κ1) is 16.0. The van der Waals surface area contributed by atoms with Crippen LogP contribution in [0.15, 0.2) is 24.3 Å². The topological polar surface area (TPSA) is 35.5 Å². The Hall–Kier alpha value is -1.34. The van der Waals surface area contributed by atoms with Gasteiger partial charge in [0.05, 0.1) is 11.2 Å². The molecule has 114 valence electrons. The monoisotopic (exact) mass is 300 g/mol. The van der Waals surface area contributed by atoms with E-state index < -0.39 is 35.8 Å². The summed E-state index contributed by atoms with van der Waals surface area (Å²) in [6.45, 7) is 7.09. The summed E-state index contributed by atoms with van der Waals surface area (Å²) < 4.78 is 51.5. The van der Waals surface area contributed by atoms with E-state index in [1.807, 2.05) is 0 Å². The van der Waals surface area contributed by atoms with Crippen LogP contribution in [0.25, 0.3) is 0 Å². The Morgan fingerprint density at radius 1 is 1.10 bits per heavy atom. The molecule has 0 atom stereocenters. The summed E-state index contributed by atoms with van der Waals surface area (Å²) in [5.74, 6) is -4.22. The number of carbonyl (C=O) groups is 1. The minimum absolute atomic E-state index is 0.0489. The minimum atomic E-state index is -4.22. The Morgan fingerprint density at radius 2 is 1.57 bits per heavy atom. The van der Waals surface area contributed by atoms with E-state index in [0.29, 0.717) is 0 Å². The summed E-state index contributed by atoms with van der Waals surface area (Å²) in [5, 5.41) is 0. The summed E-state index contributed by atoms with van der Waals surface area (Å²) >= 11 is 0. The molecule has 0 N–H and O–H groups in total. The standard InChI is InChI=1S/C14H16BF3O3/c1-12(2)13(3,4)21-15(20-12)10-8-6-5-7-9(10)14(17,18)11(16)19/h5-8H,1-4H3. The van der Waals surface area contributed by atoms with Crippen molar-refractivity contribution in [2.75, 3.05) is 0 Å². The summed E-state index contributed by atoms with van der Waals surface area (Å²) in [7, 11) is -1.09. The van der Waals surface area contributed by atoms with Crippen molar-refractivity contribution in [2.45, 2.75) is 44.8 Å². The predicted molar refractivity (Wildman–Crippen MR) is 72.2 cm³/mol. The zero-order chi connectivity index (χ0) is 16.1. The maximum atomic E-state index is 13.7. The van der Waals surface area contributed by atoms with Gasteiger partial charge in [-0.05, 0) is 33.2 Å². The van der Waals surface area contributed by atoms with E-state index in [9.17, 15) is 18.0 Å². The van der Waals surface area contributed by atoms with Gasteiger partial charge in [0, 0.05) is 5.56 Å². The second-order valence-corrected chi connectivity index (χ2v) is 6.02. The van der Waals surface area contributed by atoms with E-state index in [4.69, 9.17) is 9.31 Å². The minimum Gasteiger partial charge on any atom is -0.399 e. The van der Waals surface area contributed by atoms with Crippen LogP contribution in [0.2, 0.25) is 0 Å². The number of rotatable bonds is 3. The number of carbonyl (C=O) groups excluding carboxylic acids is 1. The lowest BCUT2D eigenvalue weighted by atomic mass is 9.74. The summed E-state index contributed by atoms with van der Waals surface area (Å²) in [6, 6.07) is 2.45. The molecule has 0 bridgehead atoms. The Labute approximate surface area is 121 Å². The third-order valence-corrected chi connectivity index (χ3v) is 4.05. The molecule has 0 aromatic heterocycles. The van der Waals surface area contributed by atoms with E-state index in [1.54, 1.807) is 27.7 Å². The first-order chi connectivity index (χ1) is 9.49. The van der Waals surface area contributed by atoms with Crippen molar-refractivity contribution in [3.8, 4) is 0 Å². The molecule has 0 aliphatic carbocycles. The first-order valence-corrected chi connectivity index (χ1v) is 6.52. The van der Waals surface area contributed by atoms with Crippen LogP contribution in [0.5, 0.6) is 0 Å². The molecule has 0 amide bonds. The highest BCUT2D eigenvalue weighted by molar-refractivity contribution is 6.62. The lowest BCUT2D eigenvalue weighted by Crippen LogP contribution is -2.41. The number of benzene rings is 1. The van der Waals surface area contributed by atoms with E-state index in [2.05, 4.69) is 0 Å². The highest BCUT2D eigenvalue weighted by Crippen LogP contribution is 2.38. The molecule has 1 aromatic carbocycles. The van der Waals surface area contributed by atoms with Crippen molar-refractivity contribution in [2.24, 2.45) is 0 Å². The van der Waals surface area contributed by atoms with Crippen LogP contribution in [0.4, 0.5) is 13.2 Å². The van der Waals surface area contributed by atoms with Gasteiger partial charge in [-0.1, -0.05) is 24.3 Å². The van der Waals surface area contributed by atoms with E-state index >= 15 is 0 Å². The van der Waals surface area contributed by atoms with Crippen molar-refractivity contribution < 1.29 is 27.3 Å². The third-order valence-electron chi connectivity index (χ3n) is 4.05. The Morgan fingerprint density at radius 3 is 2.05 bits per heavy atom. The molecule has 0 radical (unpaired) electrons. The molecular weight excluding hydrogens is 284 g/mol. The predicted octanol–water partition coefficient (Wildman–Crippen LogP) is 2.57. The normalized spacial score (nSPS) is 20.6. The molecule has 1 aliphatic heterocycles. The second-order valence-electron chi connectivity index (χ2n) is 6.02. The smallest absolute Gasteiger partial charge is 0.399 e. The second kappa shape index (κ2) is 4.85. The van der Waals surface area contributed by atoms with Crippen molar-refractivity contribution in [3.05, 3.63) is 29.8 Å². The van der Waals surface area contributed by atoms with Crippen LogP contribution in [-0.4, -0.2) is 24.4 Å². The summed E-state index contributed by atoms with van der Waals surface area (Å²) in [6.07, 6.45) is 0. The molecule has 1 heterocycles. The van der Waals surface area contributed by atoms with Gasteiger partial charge in [0.25, 0.3) is 0 Å². The Balaban J connectivity index is 2.46. The number of hydrogen-bond donors (Lipinski definition) is 0. The number of hydrogen-bond acceptors (Lipinski definition) is 3. The highest BCUT2D eigenvalue weighted by Gasteiger charge is 2.54. The number of alkyl halides is 2. The van der Waals surface area contributed by atoms with Crippen molar-refractivity contribution in [1.82, 2.24) is 0 Å². The van der Waals surface area contributed by atoms with Crippen LogP contribution < -0.4 is 5.46 Å². The lowest BCUT2D eigenvalue weighted by molar-refractivity contribution is -0.156. The SMILES string of the molecule is CC1(C)OB(c2ccccc2C(F)(F)C(=O)F)OC1(C)C. The Kier molecular flexibility index (Phi) is 3.70. The molecule has 1 saturated heterocycles. The van der Waals surface area contributed by atoms with Crippen LogP contribution in [0, 0.1) is 0 Å². The van der Waals surface area contributed by atoms with Crippen LogP contribution >= 0.6 is 0 Å². The van der Waals surface area contributed by atoms with Crippen LogP contribution in [-0.2, 0) is 20.0 Å². The van der Waals surface area contributed by atoms with E-state index in [0.717, 1.165) is 6.07 Å². The van der Waals surface area contributed by atoms with Crippen molar-refractivity contribution in [1.29, 1.82) is 0 Å². The van der Waals surface area contributed by atoms with Gasteiger partial charge in [0.2, 0.25) is 0 Å². The van der Waals surface area contributed by atoms with Crippen molar-refractivity contribution in [3.63, 3.8) is 0 Å². The van der Waals surface area contributed by atoms with Crippen molar-refractivity contribution >= 4 is 18.6 Å². The summed E-state index contributed by atoms with van der Waals surface area (Å²) in [5.41, 5.74) is -2.23. The lowest BCUT2D eigenvalue weighted by Gasteiger charge is -2.32. The van der Waals surface area contributed by atoms with Crippen LogP contribution in [0.3, 0.4) is 0 Å². The molecule has 2 rings (SSSR count). The fourth-order valence-electron chi connectivity index (χ4n) is 2.06. The van der Waals surface area contributed by atoms with Gasteiger partial charge in [-0.2, -0.15) is 13.2 Å². The van der Waals surface area contributed by atoms with E-state index in [1.165, 1.54) is 18.2 Å². The molecule has 1 aromatic rings. The van der Waals surface area contributed by atoms with Gasteiger partial charge in [-0.25, -0.2) is 0 Å². The quantitative estimate of drug-likeness (QED) is 0.636. The fraction of sp³-hybridized carbons (Fsp3) is 0.500. The molecule has 3 nitrogen and oxygen atoms in total. The Bertz CT molecular complexity index is 556. The van der Waals surface area contributed by atoms with Gasteiger partial charge in [0.15, 0.2) is 0 Å². The average molecular weight is 300 g/mol. The molecule has 21 heavy (non-hydrogen) atoms. The number of halogens is 3. The molecule has 0 saturated carbocycles. The zero-order valence-electron chi connectivity index (χ0n) is 12.2. The molecular formula is C14H16BF3O3. The first-order valence-electron chi connectivity index (χ1n) is 6.52. The van der Waals surface area contributed by atoms with Gasteiger partial charge in [0.1, 0.15) is 0 Å². The third kappa shape index (κ3) is 2.60. The summed E-state index contributed by atoms with van der Waals surface area (Å²) in [4.78, 5) is 10.6. The molecule has 7 heteroatoms. The maximum Gasteiger partial charge on any atom is 0.495 e. The van der Waals surface area contributed by atoms with Gasteiger partial charge >= 0.3 is 19.1 Å². The average Bonchev–Trinajstić information content (AvgIpc) is 2.58.